The van der Waals surface area contributed by atoms with Crippen LogP contribution in [-0.2, 0) is 0 Å². The highest BCUT2D eigenvalue weighted by molar-refractivity contribution is 5.84. The van der Waals surface area contributed by atoms with E-state index in [0.29, 0.717) is 12.8 Å². The molecule has 46 valence electrons. The van der Waals surface area contributed by atoms with Gasteiger partial charge in [0.15, 0.2) is 0 Å². The summed E-state index contributed by atoms with van der Waals surface area (Å²) in [5, 5.41) is 13.4. The SMILES string of the molecule is N=C(N)CCC(=N)N. The van der Waals surface area contributed by atoms with Gasteiger partial charge in [-0.15, -0.1) is 0 Å². The Morgan fingerprint density at radius 1 is 1.00 bits per heavy atom. The molecule has 4 nitrogen and oxygen atoms in total. The summed E-state index contributed by atoms with van der Waals surface area (Å²) in [5.74, 6) is 0.167. The van der Waals surface area contributed by atoms with E-state index in [1.54, 1.807) is 0 Å². The molecule has 0 saturated carbocycles. The molecule has 0 spiro atoms. The van der Waals surface area contributed by atoms with E-state index in [9.17, 15) is 0 Å². The van der Waals surface area contributed by atoms with Gasteiger partial charge in [0.25, 0.3) is 0 Å². The van der Waals surface area contributed by atoms with Crippen LogP contribution >= 0.6 is 0 Å². The minimum absolute atomic E-state index is 0.0835. The number of nitrogens with two attached hydrogens (primary N) is 2. The molecular formula is C4H10N4. The first-order chi connectivity index (χ1) is 3.63. The van der Waals surface area contributed by atoms with Crippen molar-refractivity contribution in [3.8, 4) is 0 Å². The molecule has 0 aromatic heterocycles. The molecule has 0 aliphatic heterocycles. The van der Waals surface area contributed by atoms with Crippen molar-refractivity contribution in [1.82, 2.24) is 0 Å². The average molecular weight is 114 g/mol. The van der Waals surface area contributed by atoms with E-state index in [1.807, 2.05) is 0 Å². The van der Waals surface area contributed by atoms with Crippen molar-refractivity contribution in [2.24, 2.45) is 11.5 Å². The Morgan fingerprint density at radius 2 is 1.25 bits per heavy atom. The van der Waals surface area contributed by atoms with Crippen molar-refractivity contribution in [1.29, 1.82) is 10.8 Å². The second kappa shape index (κ2) is 3.01. The maximum Gasteiger partial charge on any atom is 0.0909 e. The molecule has 0 aromatic rings. The first kappa shape index (κ1) is 6.94. The molecule has 0 unspecified atom stereocenters. The summed E-state index contributed by atoms with van der Waals surface area (Å²) in [7, 11) is 0. The predicted octanol–water partition coefficient (Wildman–Crippen LogP) is -0.361. The average Bonchev–Trinajstić information content (AvgIpc) is 1.61. The zero-order chi connectivity index (χ0) is 6.57. The van der Waals surface area contributed by atoms with Crippen molar-refractivity contribution in [2.75, 3.05) is 0 Å². The highest BCUT2D eigenvalue weighted by Gasteiger charge is 1.90. The molecule has 0 aliphatic rings. The Morgan fingerprint density at radius 3 is 1.38 bits per heavy atom. The van der Waals surface area contributed by atoms with E-state index in [0.717, 1.165) is 0 Å². The summed E-state index contributed by atoms with van der Waals surface area (Å²) in [6, 6.07) is 0. The molecule has 4 heteroatoms. The lowest BCUT2D eigenvalue weighted by molar-refractivity contribution is 1.08. The van der Waals surface area contributed by atoms with Gasteiger partial charge in [0.2, 0.25) is 0 Å². The monoisotopic (exact) mass is 114 g/mol. The number of rotatable bonds is 3. The molecule has 0 fully saturated rings. The third-order valence-corrected chi connectivity index (χ3v) is 0.664. The zero-order valence-electron chi connectivity index (χ0n) is 4.57. The fourth-order valence-electron chi connectivity index (χ4n) is 0.269. The van der Waals surface area contributed by atoms with Gasteiger partial charge < -0.3 is 11.5 Å². The van der Waals surface area contributed by atoms with Crippen LogP contribution in [0.5, 0.6) is 0 Å². The van der Waals surface area contributed by atoms with Crippen molar-refractivity contribution >= 4 is 11.7 Å². The van der Waals surface area contributed by atoms with E-state index in [1.165, 1.54) is 0 Å². The molecule has 8 heavy (non-hydrogen) atoms. The zero-order valence-corrected chi connectivity index (χ0v) is 4.57. The lowest BCUT2D eigenvalue weighted by Gasteiger charge is -1.93. The fraction of sp³-hybridized carbons (Fsp3) is 0.500. The van der Waals surface area contributed by atoms with Gasteiger partial charge in [0.1, 0.15) is 0 Å². The standard InChI is InChI=1S/C4H10N4/c5-3(6)1-2-4(7)8/h1-2H2,(H3,5,6)(H3,7,8). The lowest BCUT2D eigenvalue weighted by atomic mass is 10.3. The van der Waals surface area contributed by atoms with E-state index in [2.05, 4.69) is 0 Å². The van der Waals surface area contributed by atoms with Crippen molar-refractivity contribution in [3.63, 3.8) is 0 Å². The van der Waals surface area contributed by atoms with Crippen LogP contribution in [0.3, 0.4) is 0 Å². The Hall–Kier alpha value is -1.06. The minimum atomic E-state index is 0.0835. The van der Waals surface area contributed by atoms with E-state index in [4.69, 9.17) is 22.3 Å². The van der Waals surface area contributed by atoms with Crippen LogP contribution in [0.25, 0.3) is 0 Å². The summed E-state index contributed by atoms with van der Waals surface area (Å²) in [6.45, 7) is 0. The van der Waals surface area contributed by atoms with Gasteiger partial charge in [-0.25, -0.2) is 0 Å². The maximum atomic E-state index is 6.71. The smallest absolute Gasteiger partial charge is 0.0909 e. The Bertz CT molecular complexity index is 92.6. The van der Waals surface area contributed by atoms with Crippen LogP contribution in [-0.4, -0.2) is 11.7 Å². The summed E-state index contributed by atoms with van der Waals surface area (Å²) in [5.41, 5.74) is 9.94. The van der Waals surface area contributed by atoms with Gasteiger partial charge in [-0.1, -0.05) is 0 Å². The van der Waals surface area contributed by atoms with Gasteiger partial charge in [-0.2, -0.15) is 0 Å². The van der Waals surface area contributed by atoms with Gasteiger partial charge >= 0.3 is 0 Å². The molecule has 0 heterocycles. The number of amidine groups is 2. The van der Waals surface area contributed by atoms with Crippen LogP contribution in [0.1, 0.15) is 12.8 Å². The molecule has 0 amide bonds. The molecule has 0 bridgehead atoms. The van der Waals surface area contributed by atoms with Crippen molar-refractivity contribution < 1.29 is 0 Å². The van der Waals surface area contributed by atoms with E-state index in [-0.39, 0.29) is 11.7 Å². The number of nitrogens with one attached hydrogen (secondary N) is 2. The molecule has 0 rings (SSSR count). The highest BCUT2D eigenvalue weighted by Crippen LogP contribution is 1.83. The number of hydrogen-bond acceptors (Lipinski definition) is 2. The highest BCUT2D eigenvalue weighted by atomic mass is 14.7. The minimum Gasteiger partial charge on any atom is -0.388 e. The van der Waals surface area contributed by atoms with E-state index >= 15 is 0 Å². The largest absolute Gasteiger partial charge is 0.388 e. The summed E-state index contributed by atoms with van der Waals surface area (Å²) >= 11 is 0. The Kier molecular flexibility index (Phi) is 2.61. The van der Waals surface area contributed by atoms with Crippen LogP contribution in [0.15, 0.2) is 0 Å². The van der Waals surface area contributed by atoms with Gasteiger partial charge in [-0.3, -0.25) is 10.8 Å². The lowest BCUT2D eigenvalue weighted by Crippen LogP contribution is -2.15. The van der Waals surface area contributed by atoms with Crippen LogP contribution in [0.4, 0.5) is 0 Å². The third-order valence-electron chi connectivity index (χ3n) is 0.664. The van der Waals surface area contributed by atoms with Crippen molar-refractivity contribution in [3.05, 3.63) is 0 Å². The molecule has 0 radical (unpaired) electrons. The quantitative estimate of drug-likeness (QED) is 0.297. The second-order valence-electron chi connectivity index (χ2n) is 1.55. The Balaban J connectivity index is 3.18. The molecule has 0 atom stereocenters. The number of hydrogen-bond donors (Lipinski definition) is 4. The maximum absolute atomic E-state index is 6.71. The summed E-state index contributed by atoms with van der Waals surface area (Å²) in [4.78, 5) is 0. The van der Waals surface area contributed by atoms with Crippen LogP contribution in [0, 0.1) is 10.8 Å². The molecular weight excluding hydrogens is 104 g/mol. The van der Waals surface area contributed by atoms with Crippen LogP contribution in [0.2, 0.25) is 0 Å². The first-order valence-corrected chi connectivity index (χ1v) is 2.28. The molecule has 6 N–H and O–H groups in total. The Labute approximate surface area is 47.9 Å². The summed E-state index contributed by atoms with van der Waals surface area (Å²) < 4.78 is 0. The molecule has 0 saturated heterocycles. The topological polar surface area (TPSA) is 99.7 Å². The summed E-state index contributed by atoms with van der Waals surface area (Å²) in [6.07, 6.45) is 0.796. The van der Waals surface area contributed by atoms with Gasteiger partial charge in [0.05, 0.1) is 11.7 Å². The molecule has 0 aromatic carbocycles. The fourth-order valence-corrected chi connectivity index (χ4v) is 0.269. The third kappa shape index (κ3) is 4.94. The molecule has 0 aliphatic carbocycles. The predicted molar refractivity (Wildman–Crippen MR) is 33.1 cm³/mol. The first-order valence-electron chi connectivity index (χ1n) is 2.28. The van der Waals surface area contributed by atoms with Gasteiger partial charge in [0, 0.05) is 12.8 Å². The van der Waals surface area contributed by atoms with E-state index < -0.39 is 0 Å². The van der Waals surface area contributed by atoms with Gasteiger partial charge in [-0.05, 0) is 0 Å². The second-order valence-corrected chi connectivity index (χ2v) is 1.55. The van der Waals surface area contributed by atoms with Crippen LogP contribution < -0.4 is 11.5 Å². The van der Waals surface area contributed by atoms with Crippen molar-refractivity contribution in [2.45, 2.75) is 12.8 Å². The normalized spacial score (nSPS) is 8.50.